The van der Waals surface area contributed by atoms with E-state index in [1.807, 2.05) is 26.8 Å². The highest BCUT2D eigenvalue weighted by atomic mass is 19.4. The molecule has 0 atom stereocenters. The third-order valence-corrected chi connectivity index (χ3v) is 9.19. The van der Waals surface area contributed by atoms with Gasteiger partial charge in [0.25, 0.3) is 0 Å². The Labute approximate surface area is 324 Å². The number of alkyl halides is 3. The van der Waals surface area contributed by atoms with Gasteiger partial charge in [-0.2, -0.15) is 13.2 Å². The summed E-state index contributed by atoms with van der Waals surface area (Å²) in [5.41, 5.74) is 7.72. The van der Waals surface area contributed by atoms with Gasteiger partial charge in [0.1, 0.15) is 0 Å². The van der Waals surface area contributed by atoms with E-state index in [2.05, 4.69) is 184 Å². The fraction of sp³-hybridized carbons (Fsp3) is 0.333. The first-order chi connectivity index (χ1) is 25.0. The number of hydrogen-bond donors (Lipinski definition) is 0. The van der Waals surface area contributed by atoms with Gasteiger partial charge in [0, 0.05) is 0 Å². The first kappa shape index (κ1) is 43.8. The standard InChI is InChI=1S/C16H18.C14H16.C11H13F3.C10H14/c1-16(2,3)15-11-9-14(10-12-15)13-7-5-4-6-8-13;1-14(2,3)13-9-8-11-6-4-5-7-12(11)10-13;1-10(2,3)8-4-6-9(7-5-8)11(12,13)14;1-10(2,3)9-7-5-4-6-8-9/h4-12H,1-3H3;4-10H,1-3H3;4-7H,1-3H3;4-8H,1-3H3. The fourth-order valence-corrected chi connectivity index (χ4v) is 5.55. The Morgan fingerprint density at radius 2 is 0.593 bits per heavy atom. The molecule has 0 unspecified atom stereocenters. The Balaban J connectivity index is 0.000000196. The molecule has 0 aromatic heterocycles. The van der Waals surface area contributed by atoms with Gasteiger partial charge >= 0.3 is 6.18 Å². The molecule has 6 aromatic carbocycles. The number of fused-ring (bicyclic) bond motifs is 1. The highest BCUT2D eigenvalue weighted by molar-refractivity contribution is 5.83. The van der Waals surface area contributed by atoms with Crippen molar-refractivity contribution in [2.45, 2.75) is 111 Å². The van der Waals surface area contributed by atoms with Crippen molar-refractivity contribution in [3.8, 4) is 11.1 Å². The van der Waals surface area contributed by atoms with Crippen LogP contribution in [-0.4, -0.2) is 0 Å². The van der Waals surface area contributed by atoms with E-state index in [9.17, 15) is 13.2 Å². The summed E-state index contributed by atoms with van der Waals surface area (Å²) in [4.78, 5) is 0. The summed E-state index contributed by atoms with van der Waals surface area (Å²) in [5.74, 6) is 0. The molecular formula is C51H61F3. The van der Waals surface area contributed by atoms with Gasteiger partial charge in [0.2, 0.25) is 0 Å². The van der Waals surface area contributed by atoms with Crippen LogP contribution in [0.15, 0.2) is 152 Å². The number of halogens is 3. The molecule has 0 spiro atoms. The predicted molar refractivity (Wildman–Crippen MR) is 229 cm³/mol. The van der Waals surface area contributed by atoms with Crippen molar-refractivity contribution >= 4 is 10.8 Å². The van der Waals surface area contributed by atoms with Crippen LogP contribution in [0.4, 0.5) is 13.2 Å². The predicted octanol–water partition coefficient (Wildman–Crippen LogP) is 15.8. The Morgan fingerprint density at radius 1 is 0.278 bits per heavy atom. The fourth-order valence-electron chi connectivity index (χ4n) is 5.55. The van der Waals surface area contributed by atoms with Crippen LogP contribution in [0.25, 0.3) is 21.9 Å². The van der Waals surface area contributed by atoms with Crippen molar-refractivity contribution in [3.05, 3.63) is 179 Å². The lowest BCUT2D eigenvalue weighted by atomic mass is 9.86. The molecule has 0 bridgehead atoms. The van der Waals surface area contributed by atoms with Crippen LogP contribution in [-0.2, 0) is 27.8 Å². The summed E-state index contributed by atoms with van der Waals surface area (Å²) in [7, 11) is 0. The second-order valence-electron chi connectivity index (χ2n) is 17.9. The van der Waals surface area contributed by atoms with Crippen molar-refractivity contribution in [2.24, 2.45) is 0 Å². The third-order valence-electron chi connectivity index (χ3n) is 9.19. The zero-order chi connectivity index (χ0) is 40.4. The molecule has 286 valence electrons. The summed E-state index contributed by atoms with van der Waals surface area (Å²) in [6, 6.07) is 50.4. The largest absolute Gasteiger partial charge is 0.416 e. The van der Waals surface area contributed by atoms with Crippen LogP contribution in [0.3, 0.4) is 0 Å². The number of benzene rings is 6. The maximum absolute atomic E-state index is 12.2. The van der Waals surface area contributed by atoms with E-state index in [-0.39, 0.29) is 16.2 Å². The monoisotopic (exact) mass is 730 g/mol. The molecule has 0 aliphatic heterocycles. The van der Waals surface area contributed by atoms with Crippen LogP contribution in [0.5, 0.6) is 0 Å². The molecule has 0 fully saturated rings. The van der Waals surface area contributed by atoms with Crippen LogP contribution < -0.4 is 0 Å². The maximum atomic E-state index is 12.2. The highest BCUT2D eigenvalue weighted by Crippen LogP contribution is 2.31. The highest BCUT2D eigenvalue weighted by Gasteiger charge is 2.30. The Bertz CT molecular complexity index is 1940. The number of hydrogen-bond acceptors (Lipinski definition) is 0. The van der Waals surface area contributed by atoms with Gasteiger partial charge in [-0.3, -0.25) is 0 Å². The van der Waals surface area contributed by atoms with Crippen molar-refractivity contribution in [3.63, 3.8) is 0 Å². The van der Waals surface area contributed by atoms with E-state index in [0.717, 1.165) is 17.7 Å². The molecule has 0 saturated heterocycles. The van der Waals surface area contributed by atoms with E-state index in [1.54, 1.807) is 0 Å². The Kier molecular flexibility index (Phi) is 14.7. The minimum absolute atomic E-state index is 0.107. The normalized spacial score (nSPS) is 12.0. The minimum Gasteiger partial charge on any atom is -0.166 e. The van der Waals surface area contributed by atoms with Crippen LogP contribution in [0, 0.1) is 0 Å². The molecule has 0 aliphatic rings. The van der Waals surface area contributed by atoms with Gasteiger partial charge < -0.3 is 0 Å². The smallest absolute Gasteiger partial charge is 0.166 e. The van der Waals surface area contributed by atoms with Gasteiger partial charge in [-0.05, 0) is 77.9 Å². The molecule has 0 nitrogen and oxygen atoms in total. The van der Waals surface area contributed by atoms with Gasteiger partial charge in [0.15, 0.2) is 0 Å². The Morgan fingerprint density at radius 3 is 1.00 bits per heavy atom. The zero-order valence-corrected chi connectivity index (χ0v) is 34.6. The van der Waals surface area contributed by atoms with E-state index in [1.165, 1.54) is 50.7 Å². The average Bonchev–Trinajstić information content (AvgIpc) is 3.11. The molecule has 6 rings (SSSR count). The van der Waals surface area contributed by atoms with E-state index >= 15 is 0 Å². The van der Waals surface area contributed by atoms with Crippen molar-refractivity contribution < 1.29 is 13.2 Å². The Hall–Kier alpha value is -4.63. The van der Waals surface area contributed by atoms with Gasteiger partial charge in [-0.15, -0.1) is 0 Å². The van der Waals surface area contributed by atoms with E-state index in [0.29, 0.717) is 5.41 Å². The van der Waals surface area contributed by atoms with Crippen molar-refractivity contribution in [2.75, 3.05) is 0 Å². The lowest BCUT2D eigenvalue weighted by molar-refractivity contribution is -0.137. The average molecular weight is 731 g/mol. The summed E-state index contributed by atoms with van der Waals surface area (Å²) in [5, 5.41) is 2.65. The SMILES string of the molecule is CC(C)(C)c1ccc(-c2ccccc2)cc1.CC(C)(C)c1ccc(C(F)(F)F)cc1.CC(C)(C)c1ccc2ccccc2c1.CC(C)(C)c1ccccc1. The van der Waals surface area contributed by atoms with Crippen LogP contribution in [0.1, 0.15) is 111 Å². The molecule has 6 aromatic rings. The molecule has 0 amide bonds. The number of rotatable bonds is 1. The van der Waals surface area contributed by atoms with Gasteiger partial charge in [0.05, 0.1) is 5.56 Å². The van der Waals surface area contributed by atoms with Crippen molar-refractivity contribution in [1.82, 2.24) is 0 Å². The molecule has 0 saturated carbocycles. The lowest BCUT2D eigenvalue weighted by Gasteiger charge is -2.19. The molecule has 0 radical (unpaired) electrons. The second kappa shape index (κ2) is 18.1. The molecule has 3 heteroatoms. The van der Waals surface area contributed by atoms with Gasteiger partial charge in [-0.1, -0.05) is 223 Å². The summed E-state index contributed by atoms with van der Waals surface area (Å²) < 4.78 is 36.6. The first-order valence-corrected chi connectivity index (χ1v) is 18.8. The molecule has 0 N–H and O–H groups in total. The van der Waals surface area contributed by atoms with Crippen LogP contribution >= 0.6 is 0 Å². The molecule has 0 heterocycles. The quantitative estimate of drug-likeness (QED) is 0.158. The summed E-state index contributed by atoms with van der Waals surface area (Å²) in [6.45, 7) is 26.0. The molecular weight excluding hydrogens is 670 g/mol. The summed E-state index contributed by atoms with van der Waals surface area (Å²) in [6.07, 6.45) is -4.24. The van der Waals surface area contributed by atoms with E-state index < -0.39 is 11.7 Å². The van der Waals surface area contributed by atoms with Crippen LogP contribution in [0.2, 0.25) is 0 Å². The first-order valence-electron chi connectivity index (χ1n) is 18.8. The topological polar surface area (TPSA) is 0 Å². The maximum Gasteiger partial charge on any atom is 0.416 e. The van der Waals surface area contributed by atoms with Crippen molar-refractivity contribution in [1.29, 1.82) is 0 Å². The van der Waals surface area contributed by atoms with E-state index in [4.69, 9.17) is 0 Å². The molecule has 0 aliphatic carbocycles. The zero-order valence-electron chi connectivity index (χ0n) is 34.6. The second-order valence-corrected chi connectivity index (χ2v) is 17.9. The van der Waals surface area contributed by atoms with Gasteiger partial charge in [-0.25, -0.2) is 0 Å². The summed E-state index contributed by atoms with van der Waals surface area (Å²) >= 11 is 0. The molecule has 54 heavy (non-hydrogen) atoms. The third kappa shape index (κ3) is 14.0. The lowest BCUT2D eigenvalue weighted by Crippen LogP contribution is -2.12. The minimum atomic E-state index is -4.24.